The SMILES string of the molecule is CCC(O)(CNS(=O)(=O)CC)c1ccc(Br)cc1. The molecule has 4 nitrogen and oxygen atoms in total. The van der Waals surface area contributed by atoms with Crippen LogP contribution in [0.5, 0.6) is 0 Å². The first-order valence-electron chi connectivity index (χ1n) is 5.78. The van der Waals surface area contributed by atoms with Gasteiger partial charge in [-0.05, 0) is 31.0 Å². The second-order valence-corrected chi connectivity index (χ2v) is 7.13. The van der Waals surface area contributed by atoms with E-state index in [9.17, 15) is 13.5 Å². The van der Waals surface area contributed by atoms with Crippen molar-refractivity contribution < 1.29 is 13.5 Å². The zero-order chi connectivity index (χ0) is 13.8. The van der Waals surface area contributed by atoms with Gasteiger partial charge in [0.25, 0.3) is 0 Å². The predicted octanol–water partition coefficient (Wildman–Crippen LogP) is 1.99. The average Bonchev–Trinajstić information content (AvgIpc) is 2.37. The Labute approximate surface area is 117 Å². The Bertz CT molecular complexity index is 487. The van der Waals surface area contributed by atoms with Crippen molar-refractivity contribution in [1.29, 1.82) is 0 Å². The van der Waals surface area contributed by atoms with Crippen LogP contribution in [0.15, 0.2) is 28.7 Å². The number of hydrogen-bond acceptors (Lipinski definition) is 3. The fraction of sp³-hybridized carbons (Fsp3) is 0.500. The molecule has 1 aromatic rings. The first-order valence-corrected chi connectivity index (χ1v) is 8.23. The molecule has 1 atom stereocenters. The Morgan fingerprint density at radius 3 is 2.28 bits per heavy atom. The highest BCUT2D eigenvalue weighted by atomic mass is 79.9. The van der Waals surface area contributed by atoms with E-state index < -0.39 is 15.6 Å². The minimum Gasteiger partial charge on any atom is -0.384 e. The van der Waals surface area contributed by atoms with Gasteiger partial charge in [-0.15, -0.1) is 0 Å². The fourth-order valence-corrected chi connectivity index (χ4v) is 2.45. The lowest BCUT2D eigenvalue weighted by Crippen LogP contribution is -2.40. The molecule has 18 heavy (non-hydrogen) atoms. The number of nitrogens with one attached hydrogen (secondary N) is 1. The standard InChI is InChI=1S/C12H18BrNO3S/c1-3-12(15,9-14-18(16,17)4-2)10-5-7-11(13)8-6-10/h5-8,14-15H,3-4,9H2,1-2H3. The number of aliphatic hydroxyl groups is 1. The van der Waals surface area contributed by atoms with Crippen molar-refractivity contribution >= 4 is 26.0 Å². The topological polar surface area (TPSA) is 66.4 Å². The molecule has 1 unspecified atom stereocenters. The Kier molecular flexibility index (Phi) is 5.33. The normalized spacial score (nSPS) is 15.3. The van der Waals surface area contributed by atoms with E-state index >= 15 is 0 Å². The van der Waals surface area contributed by atoms with Gasteiger partial charge >= 0.3 is 0 Å². The predicted molar refractivity (Wildman–Crippen MR) is 75.8 cm³/mol. The van der Waals surface area contributed by atoms with Gasteiger partial charge in [0.15, 0.2) is 0 Å². The van der Waals surface area contributed by atoms with Crippen molar-refractivity contribution in [3.63, 3.8) is 0 Å². The summed E-state index contributed by atoms with van der Waals surface area (Å²) in [6.07, 6.45) is 0.431. The number of halogens is 1. The third kappa shape index (κ3) is 4.05. The summed E-state index contributed by atoms with van der Waals surface area (Å²) >= 11 is 3.32. The minimum atomic E-state index is -3.30. The molecule has 0 aliphatic rings. The second-order valence-electron chi connectivity index (χ2n) is 4.12. The summed E-state index contributed by atoms with van der Waals surface area (Å²) in [4.78, 5) is 0. The fourth-order valence-electron chi connectivity index (χ4n) is 1.52. The molecule has 102 valence electrons. The molecule has 0 fully saturated rings. The van der Waals surface area contributed by atoms with Crippen LogP contribution >= 0.6 is 15.9 Å². The largest absolute Gasteiger partial charge is 0.384 e. The Morgan fingerprint density at radius 2 is 1.83 bits per heavy atom. The van der Waals surface area contributed by atoms with Crippen LogP contribution in [-0.2, 0) is 15.6 Å². The van der Waals surface area contributed by atoms with E-state index in [1.54, 1.807) is 19.1 Å². The lowest BCUT2D eigenvalue weighted by atomic mass is 9.91. The van der Waals surface area contributed by atoms with Crippen LogP contribution in [0, 0.1) is 0 Å². The molecule has 0 saturated carbocycles. The van der Waals surface area contributed by atoms with Crippen molar-refractivity contribution in [2.75, 3.05) is 12.3 Å². The van der Waals surface area contributed by atoms with Crippen molar-refractivity contribution in [1.82, 2.24) is 4.72 Å². The van der Waals surface area contributed by atoms with Crippen LogP contribution < -0.4 is 4.72 Å². The zero-order valence-electron chi connectivity index (χ0n) is 10.5. The maximum Gasteiger partial charge on any atom is 0.211 e. The molecule has 2 N–H and O–H groups in total. The van der Waals surface area contributed by atoms with Crippen LogP contribution in [0.1, 0.15) is 25.8 Å². The van der Waals surface area contributed by atoms with Gasteiger partial charge in [-0.2, -0.15) is 0 Å². The van der Waals surface area contributed by atoms with Gasteiger partial charge in [0.2, 0.25) is 10.0 Å². The highest BCUT2D eigenvalue weighted by Gasteiger charge is 2.28. The zero-order valence-corrected chi connectivity index (χ0v) is 12.9. The van der Waals surface area contributed by atoms with Crippen LogP contribution in [0.4, 0.5) is 0 Å². The van der Waals surface area contributed by atoms with Gasteiger partial charge < -0.3 is 5.11 Å². The molecule has 0 heterocycles. The van der Waals surface area contributed by atoms with Gasteiger partial charge in [0, 0.05) is 11.0 Å². The molecule has 0 radical (unpaired) electrons. The van der Waals surface area contributed by atoms with Crippen molar-refractivity contribution in [3.05, 3.63) is 34.3 Å². The van der Waals surface area contributed by atoms with E-state index in [1.807, 2.05) is 19.1 Å². The van der Waals surface area contributed by atoms with Gasteiger partial charge in [-0.1, -0.05) is 35.0 Å². The summed E-state index contributed by atoms with van der Waals surface area (Å²) in [7, 11) is -3.30. The van der Waals surface area contributed by atoms with Gasteiger partial charge in [0.1, 0.15) is 5.60 Å². The monoisotopic (exact) mass is 335 g/mol. The molecule has 1 aromatic carbocycles. The molecule has 0 aromatic heterocycles. The molecule has 0 aliphatic carbocycles. The highest BCUT2D eigenvalue weighted by molar-refractivity contribution is 9.10. The van der Waals surface area contributed by atoms with E-state index in [-0.39, 0.29) is 12.3 Å². The first kappa shape index (κ1) is 15.6. The summed E-state index contributed by atoms with van der Waals surface area (Å²) in [5.41, 5.74) is -0.477. The minimum absolute atomic E-state index is 0.00708. The van der Waals surface area contributed by atoms with E-state index in [2.05, 4.69) is 20.7 Å². The smallest absolute Gasteiger partial charge is 0.211 e. The molecular formula is C12H18BrNO3S. The quantitative estimate of drug-likeness (QED) is 0.835. The molecule has 0 spiro atoms. The van der Waals surface area contributed by atoms with E-state index in [1.165, 1.54) is 0 Å². The summed E-state index contributed by atoms with van der Waals surface area (Å²) in [6, 6.07) is 7.22. The molecule has 0 amide bonds. The number of sulfonamides is 1. The molecular weight excluding hydrogens is 318 g/mol. The molecule has 0 saturated heterocycles. The summed E-state index contributed by atoms with van der Waals surface area (Å²) in [5, 5.41) is 10.5. The molecule has 1 rings (SSSR count). The van der Waals surface area contributed by atoms with Crippen LogP contribution in [0.2, 0.25) is 0 Å². The lowest BCUT2D eigenvalue weighted by molar-refractivity contribution is 0.0380. The Hall–Kier alpha value is -0.430. The van der Waals surface area contributed by atoms with Crippen molar-refractivity contribution in [2.45, 2.75) is 25.9 Å². The van der Waals surface area contributed by atoms with Gasteiger partial charge in [-0.3, -0.25) is 0 Å². The van der Waals surface area contributed by atoms with E-state index in [0.717, 1.165) is 4.47 Å². The summed E-state index contributed by atoms with van der Waals surface area (Å²) in [5.74, 6) is 0.00708. The average molecular weight is 336 g/mol. The first-order chi connectivity index (χ1) is 8.33. The van der Waals surface area contributed by atoms with Crippen molar-refractivity contribution in [2.24, 2.45) is 0 Å². The Morgan fingerprint density at radius 1 is 1.28 bits per heavy atom. The van der Waals surface area contributed by atoms with Gasteiger partial charge in [0.05, 0.1) is 5.75 Å². The highest BCUT2D eigenvalue weighted by Crippen LogP contribution is 2.25. The van der Waals surface area contributed by atoms with Crippen LogP contribution in [-0.4, -0.2) is 25.8 Å². The third-order valence-corrected chi connectivity index (χ3v) is 4.80. The maximum atomic E-state index is 11.4. The third-order valence-electron chi connectivity index (χ3n) is 2.93. The van der Waals surface area contributed by atoms with Crippen LogP contribution in [0.3, 0.4) is 0 Å². The molecule has 6 heteroatoms. The number of hydrogen-bond donors (Lipinski definition) is 2. The Balaban J connectivity index is 2.89. The summed E-state index contributed by atoms with van der Waals surface area (Å²) < 4.78 is 26.2. The maximum absolute atomic E-state index is 11.4. The number of benzene rings is 1. The van der Waals surface area contributed by atoms with Gasteiger partial charge in [-0.25, -0.2) is 13.1 Å². The lowest BCUT2D eigenvalue weighted by Gasteiger charge is -2.27. The second kappa shape index (κ2) is 6.14. The van der Waals surface area contributed by atoms with E-state index in [4.69, 9.17) is 0 Å². The van der Waals surface area contributed by atoms with Crippen LogP contribution in [0.25, 0.3) is 0 Å². The van der Waals surface area contributed by atoms with Crippen molar-refractivity contribution in [3.8, 4) is 0 Å². The van der Waals surface area contributed by atoms with E-state index in [0.29, 0.717) is 12.0 Å². The molecule has 0 aliphatic heterocycles. The number of rotatable bonds is 6. The molecule has 0 bridgehead atoms. The summed E-state index contributed by atoms with van der Waals surface area (Å²) in [6.45, 7) is 3.37.